The number of aromatic nitrogens is 2. The minimum Gasteiger partial charge on any atom is -0.496 e. The normalized spacial score (nSPS) is 19.4. The third-order valence-corrected chi connectivity index (χ3v) is 4.63. The number of methoxy groups -OCH3 is 1. The molecule has 0 radical (unpaired) electrons. The van der Waals surface area contributed by atoms with Crippen LogP contribution < -0.4 is 10.1 Å². The fourth-order valence-corrected chi connectivity index (χ4v) is 3.39. The van der Waals surface area contributed by atoms with Crippen LogP contribution in [-0.4, -0.2) is 28.9 Å². The van der Waals surface area contributed by atoms with Crippen LogP contribution in [0.1, 0.15) is 52.8 Å². The van der Waals surface area contributed by atoms with Crippen LogP contribution in [0.25, 0.3) is 0 Å². The van der Waals surface area contributed by atoms with E-state index in [-0.39, 0.29) is 18.1 Å². The van der Waals surface area contributed by atoms with Gasteiger partial charge in [-0.1, -0.05) is 12.1 Å². The first-order valence-electron chi connectivity index (χ1n) is 8.53. The topological polar surface area (TPSA) is 65.4 Å². The van der Waals surface area contributed by atoms with Crippen molar-refractivity contribution in [2.24, 2.45) is 7.05 Å². The molecule has 0 fully saturated rings. The Morgan fingerprint density at radius 2 is 2.20 bits per heavy atom. The van der Waals surface area contributed by atoms with Crippen molar-refractivity contribution < 1.29 is 14.3 Å². The Morgan fingerprint density at radius 3 is 2.92 bits per heavy atom. The van der Waals surface area contributed by atoms with Crippen LogP contribution >= 0.6 is 0 Å². The van der Waals surface area contributed by atoms with E-state index in [0.29, 0.717) is 18.7 Å². The van der Waals surface area contributed by atoms with Crippen molar-refractivity contribution in [1.29, 1.82) is 0 Å². The molecule has 1 amide bonds. The fourth-order valence-electron chi connectivity index (χ4n) is 3.39. The van der Waals surface area contributed by atoms with Gasteiger partial charge in [-0.2, -0.15) is 5.10 Å². The number of benzene rings is 1. The Labute approximate surface area is 148 Å². The van der Waals surface area contributed by atoms with E-state index in [1.807, 2.05) is 39.0 Å². The van der Waals surface area contributed by atoms with Gasteiger partial charge in [-0.25, -0.2) is 0 Å². The smallest absolute Gasteiger partial charge is 0.270 e. The number of hydrogen-bond acceptors (Lipinski definition) is 4. The van der Waals surface area contributed by atoms with Gasteiger partial charge >= 0.3 is 0 Å². The summed E-state index contributed by atoms with van der Waals surface area (Å²) in [5, 5.41) is 7.49. The molecule has 2 aromatic rings. The van der Waals surface area contributed by atoms with Gasteiger partial charge < -0.3 is 14.8 Å². The highest BCUT2D eigenvalue weighted by Gasteiger charge is 2.31. The second kappa shape index (κ2) is 6.88. The van der Waals surface area contributed by atoms with Gasteiger partial charge in [0, 0.05) is 25.6 Å². The molecular weight excluding hydrogens is 318 g/mol. The zero-order chi connectivity index (χ0) is 18.1. The molecule has 1 aromatic heterocycles. The molecule has 0 spiro atoms. The lowest BCUT2D eigenvalue weighted by atomic mass is 9.99. The first-order chi connectivity index (χ1) is 11.9. The van der Waals surface area contributed by atoms with Crippen LogP contribution in [0.5, 0.6) is 5.75 Å². The van der Waals surface area contributed by atoms with E-state index in [2.05, 4.69) is 10.4 Å². The van der Waals surface area contributed by atoms with Gasteiger partial charge in [-0.3, -0.25) is 9.48 Å². The number of fused-ring (bicyclic) bond motifs is 1. The molecule has 1 aliphatic heterocycles. The number of carbonyl (C=O) groups excluding carboxylic acids is 1. The van der Waals surface area contributed by atoms with Gasteiger partial charge in [-0.05, 0) is 38.0 Å². The van der Waals surface area contributed by atoms with Crippen LogP contribution in [-0.2, 0) is 24.8 Å². The average Bonchev–Trinajstić information content (AvgIpc) is 2.90. The van der Waals surface area contributed by atoms with Gasteiger partial charge in [0.2, 0.25) is 0 Å². The predicted octanol–water partition coefficient (Wildman–Crippen LogP) is 2.69. The highest BCUT2D eigenvalue weighted by Crippen LogP contribution is 2.31. The summed E-state index contributed by atoms with van der Waals surface area (Å²) in [7, 11) is 3.45. The van der Waals surface area contributed by atoms with Crippen LogP contribution in [0.3, 0.4) is 0 Å². The van der Waals surface area contributed by atoms with E-state index >= 15 is 0 Å². The van der Waals surface area contributed by atoms with E-state index in [4.69, 9.17) is 9.47 Å². The number of carbonyl (C=O) groups is 1. The van der Waals surface area contributed by atoms with E-state index in [9.17, 15) is 4.79 Å². The number of hydrogen-bond donors (Lipinski definition) is 1. The number of aryl methyl sites for hydroxylation is 2. The quantitative estimate of drug-likeness (QED) is 0.927. The first kappa shape index (κ1) is 17.5. The monoisotopic (exact) mass is 343 g/mol. The van der Waals surface area contributed by atoms with Gasteiger partial charge in [0.25, 0.3) is 5.91 Å². The number of nitrogens with zero attached hydrogens (tertiary/aromatic N) is 2. The van der Waals surface area contributed by atoms with E-state index in [1.54, 1.807) is 18.8 Å². The highest BCUT2D eigenvalue weighted by atomic mass is 16.5. The lowest BCUT2D eigenvalue weighted by molar-refractivity contribution is -0.00710. The summed E-state index contributed by atoms with van der Waals surface area (Å²) in [6.07, 6.45) is 0.696. The molecule has 6 heteroatoms. The first-order valence-corrected chi connectivity index (χ1v) is 8.53. The molecule has 2 atom stereocenters. The SMILES string of the molecule is COc1cc(CNC(=O)c2c3c(nn2C)[C@H](C)O[C@H](C)C3)ccc1C. The van der Waals surface area contributed by atoms with E-state index in [1.165, 1.54) is 0 Å². The van der Waals surface area contributed by atoms with Crippen molar-refractivity contribution in [1.82, 2.24) is 15.1 Å². The summed E-state index contributed by atoms with van der Waals surface area (Å²) >= 11 is 0. The van der Waals surface area contributed by atoms with Crippen LogP contribution in [0.15, 0.2) is 18.2 Å². The number of nitrogens with one attached hydrogen (secondary N) is 1. The summed E-state index contributed by atoms with van der Waals surface area (Å²) in [4.78, 5) is 12.8. The summed E-state index contributed by atoms with van der Waals surface area (Å²) in [6.45, 7) is 6.43. The Morgan fingerprint density at radius 1 is 1.44 bits per heavy atom. The maximum atomic E-state index is 12.8. The molecule has 1 aromatic carbocycles. The molecule has 3 rings (SSSR count). The second-order valence-electron chi connectivity index (χ2n) is 6.62. The van der Waals surface area contributed by atoms with Crippen LogP contribution in [0.4, 0.5) is 0 Å². The summed E-state index contributed by atoms with van der Waals surface area (Å²) < 4.78 is 12.8. The largest absolute Gasteiger partial charge is 0.496 e. The van der Waals surface area contributed by atoms with Crippen molar-refractivity contribution in [3.05, 3.63) is 46.3 Å². The van der Waals surface area contributed by atoms with Crippen molar-refractivity contribution >= 4 is 5.91 Å². The van der Waals surface area contributed by atoms with Gasteiger partial charge in [0.05, 0.1) is 25.0 Å². The average molecular weight is 343 g/mol. The maximum Gasteiger partial charge on any atom is 0.270 e. The Hall–Kier alpha value is -2.34. The zero-order valence-corrected chi connectivity index (χ0v) is 15.4. The summed E-state index contributed by atoms with van der Waals surface area (Å²) in [6, 6.07) is 5.94. The molecule has 1 aliphatic rings. The molecule has 2 heterocycles. The van der Waals surface area contributed by atoms with Crippen LogP contribution in [0, 0.1) is 6.92 Å². The third kappa shape index (κ3) is 3.39. The lowest BCUT2D eigenvalue weighted by Crippen LogP contribution is -2.28. The molecule has 0 aliphatic carbocycles. The van der Waals surface area contributed by atoms with E-state index < -0.39 is 0 Å². The van der Waals surface area contributed by atoms with E-state index in [0.717, 1.165) is 28.1 Å². The van der Waals surface area contributed by atoms with Crippen LogP contribution in [0.2, 0.25) is 0 Å². The molecule has 25 heavy (non-hydrogen) atoms. The zero-order valence-electron chi connectivity index (χ0n) is 15.4. The fraction of sp³-hybridized carbons (Fsp3) is 0.474. The second-order valence-corrected chi connectivity index (χ2v) is 6.62. The molecule has 0 bridgehead atoms. The maximum absolute atomic E-state index is 12.8. The molecule has 0 saturated heterocycles. The van der Waals surface area contributed by atoms with Gasteiger partial charge in [-0.15, -0.1) is 0 Å². The van der Waals surface area contributed by atoms with Gasteiger partial charge in [0.15, 0.2) is 0 Å². The molecule has 6 nitrogen and oxygen atoms in total. The van der Waals surface area contributed by atoms with Gasteiger partial charge in [0.1, 0.15) is 11.4 Å². The number of amides is 1. The lowest BCUT2D eigenvalue weighted by Gasteiger charge is -2.24. The molecule has 134 valence electrons. The summed E-state index contributed by atoms with van der Waals surface area (Å²) in [5.74, 6) is 0.710. The number of rotatable bonds is 4. The number of ether oxygens (including phenoxy) is 2. The third-order valence-electron chi connectivity index (χ3n) is 4.63. The van der Waals surface area contributed by atoms with Crippen molar-refractivity contribution in [2.45, 2.75) is 45.9 Å². The Kier molecular flexibility index (Phi) is 4.81. The van der Waals surface area contributed by atoms with Crippen molar-refractivity contribution in [3.8, 4) is 5.75 Å². The standard InChI is InChI=1S/C19H25N3O3/c1-11-6-7-14(9-16(11)24-5)10-20-19(23)18-15-8-12(2)25-13(3)17(15)21-22(18)4/h6-7,9,12-13H,8,10H2,1-5H3,(H,20,23)/t12-,13+/m1/s1. The summed E-state index contributed by atoms with van der Waals surface area (Å²) in [5.41, 5.74) is 4.55. The molecular formula is C19H25N3O3. The molecule has 0 unspecified atom stereocenters. The predicted molar refractivity (Wildman–Crippen MR) is 94.8 cm³/mol. The minimum absolute atomic E-state index is 0.0830. The Bertz CT molecular complexity index is 797. The van der Waals surface area contributed by atoms with Crippen molar-refractivity contribution in [3.63, 3.8) is 0 Å². The Balaban J connectivity index is 1.78. The minimum atomic E-state index is -0.114. The highest BCUT2D eigenvalue weighted by molar-refractivity contribution is 5.94. The molecule has 0 saturated carbocycles. The molecule has 1 N–H and O–H groups in total. The van der Waals surface area contributed by atoms with Crippen molar-refractivity contribution in [2.75, 3.05) is 7.11 Å².